The van der Waals surface area contributed by atoms with Crippen molar-refractivity contribution in [1.82, 2.24) is 0 Å². The summed E-state index contributed by atoms with van der Waals surface area (Å²) < 4.78 is 15.0. The lowest BCUT2D eigenvalue weighted by atomic mass is 9.78. The van der Waals surface area contributed by atoms with Gasteiger partial charge in [0.2, 0.25) is 0 Å². The van der Waals surface area contributed by atoms with Gasteiger partial charge in [0.15, 0.2) is 0 Å². The van der Waals surface area contributed by atoms with Gasteiger partial charge in [0.05, 0.1) is 0 Å². The molecule has 0 N–H and O–H groups in total. The van der Waals surface area contributed by atoms with E-state index in [0.717, 1.165) is 48.6 Å². The van der Waals surface area contributed by atoms with Gasteiger partial charge in [-0.25, -0.2) is 4.39 Å². The van der Waals surface area contributed by atoms with Crippen molar-refractivity contribution < 1.29 is 4.39 Å². The minimum Gasteiger partial charge on any atom is -0.207 e. The van der Waals surface area contributed by atoms with Crippen molar-refractivity contribution in [2.75, 3.05) is 0 Å². The number of benzene rings is 2. The smallest absolute Gasteiger partial charge is 0.126 e. The molecule has 2 aromatic rings. The maximum absolute atomic E-state index is 15.0. The van der Waals surface area contributed by atoms with Gasteiger partial charge in [-0.05, 0) is 103 Å². The molecule has 0 nitrogen and oxygen atoms in total. The zero-order valence-electron chi connectivity index (χ0n) is 20.4. The van der Waals surface area contributed by atoms with Crippen molar-refractivity contribution in [2.45, 2.75) is 108 Å². The molecule has 0 bridgehead atoms. The zero-order chi connectivity index (χ0) is 22.5. The molecule has 2 aromatic carbocycles. The molecule has 172 valence electrons. The predicted molar refractivity (Wildman–Crippen MR) is 137 cm³/mol. The maximum atomic E-state index is 15.0. The Balaban J connectivity index is 1.33. The van der Waals surface area contributed by atoms with Crippen molar-refractivity contribution in [2.24, 2.45) is 5.92 Å². The molecule has 0 atom stereocenters. The summed E-state index contributed by atoms with van der Waals surface area (Å²) >= 11 is 0. The lowest BCUT2D eigenvalue weighted by Gasteiger charge is -2.28. The Bertz CT molecular complexity index is 855. The van der Waals surface area contributed by atoms with Crippen LogP contribution in [0.25, 0.3) is 0 Å². The maximum Gasteiger partial charge on any atom is 0.126 e. The second kappa shape index (κ2) is 11.1. The molecule has 2 heteroatoms. The van der Waals surface area contributed by atoms with E-state index in [1.807, 2.05) is 6.07 Å². The van der Waals surface area contributed by atoms with Gasteiger partial charge >= 0.3 is 0 Å². The van der Waals surface area contributed by atoms with E-state index < -0.39 is 0 Å². The van der Waals surface area contributed by atoms with E-state index in [-0.39, 0.29) is 5.82 Å². The average Bonchev–Trinajstić information content (AvgIpc) is 2.81. The Labute approximate surface area is 198 Å². The Morgan fingerprint density at radius 1 is 0.844 bits per heavy atom. The van der Waals surface area contributed by atoms with Crippen LogP contribution < -0.4 is 0 Å². The van der Waals surface area contributed by atoms with Crippen LogP contribution >= 0.6 is 0 Å². The molecule has 0 aliphatic heterocycles. The van der Waals surface area contributed by atoms with Crippen molar-refractivity contribution in [3.63, 3.8) is 0 Å². The monoisotopic (exact) mass is 448 g/mol. The van der Waals surface area contributed by atoms with E-state index in [4.69, 9.17) is 0 Å². The molecule has 2 saturated carbocycles. The van der Waals surface area contributed by atoms with Gasteiger partial charge in [-0.2, -0.15) is 0 Å². The Morgan fingerprint density at radius 2 is 1.50 bits per heavy atom. The normalized spacial score (nSPS) is 26.2. The van der Waals surface area contributed by atoms with Crippen LogP contribution in [0, 0.1) is 18.7 Å². The van der Waals surface area contributed by atoms with Crippen molar-refractivity contribution >= 4 is 9.52 Å². The number of rotatable bonds is 7. The molecule has 0 heterocycles. The molecular formula is C30H41FSi. The van der Waals surface area contributed by atoms with Crippen LogP contribution in [0.4, 0.5) is 4.39 Å². The number of aryl methyl sites for hydroxylation is 3. The van der Waals surface area contributed by atoms with Crippen LogP contribution in [0.15, 0.2) is 36.4 Å². The van der Waals surface area contributed by atoms with Crippen LogP contribution in [-0.4, -0.2) is 9.52 Å². The summed E-state index contributed by atoms with van der Waals surface area (Å²) in [6.45, 7) is 6.82. The number of halogens is 1. The third kappa shape index (κ3) is 5.93. The summed E-state index contributed by atoms with van der Waals surface area (Å²) in [5.74, 6) is 2.01. The third-order valence-corrected chi connectivity index (χ3v) is 9.83. The highest BCUT2D eigenvalue weighted by molar-refractivity contribution is 6.37. The van der Waals surface area contributed by atoms with Crippen molar-refractivity contribution in [1.29, 1.82) is 0 Å². The van der Waals surface area contributed by atoms with E-state index in [1.54, 1.807) is 0 Å². The largest absolute Gasteiger partial charge is 0.207 e. The lowest BCUT2D eigenvalue weighted by molar-refractivity contribution is 0.342. The minimum absolute atomic E-state index is 0.0276. The van der Waals surface area contributed by atoms with Gasteiger partial charge in [0.25, 0.3) is 0 Å². The van der Waals surface area contributed by atoms with Gasteiger partial charge < -0.3 is 0 Å². The summed E-state index contributed by atoms with van der Waals surface area (Å²) in [7, 11) is 1.17. The zero-order valence-corrected chi connectivity index (χ0v) is 21.4. The molecule has 0 aromatic heterocycles. The van der Waals surface area contributed by atoms with Gasteiger partial charge in [-0.3, -0.25) is 0 Å². The fourth-order valence-electron chi connectivity index (χ4n) is 6.05. The summed E-state index contributed by atoms with van der Waals surface area (Å²) in [6.07, 6.45) is 12.2. The Morgan fingerprint density at radius 3 is 2.16 bits per heavy atom. The van der Waals surface area contributed by atoms with E-state index in [2.05, 4.69) is 51.1 Å². The molecule has 2 aliphatic rings. The first-order chi connectivity index (χ1) is 15.5. The van der Waals surface area contributed by atoms with Crippen molar-refractivity contribution in [3.8, 4) is 0 Å². The summed E-state index contributed by atoms with van der Waals surface area (Å²) in [5.41, 5.74) is 7.31. The molecule has 0 amide bonds. The van der Waals surface area contributed by atoms with Crippen LogP contribution in [0.3, 0.4) is 0 Å². The molecule has 32 heavy (non-hydrogen) atoms. The lowest BCUT2D eigenvalue weighted by Crippen LogP contribution is -2.13. The van der Waals surface area contributed by atoms with Crippen LogP contribution in [0.5, 0.6) is 0 Å². The molecule has 0 unspecified atom stereocenters. The SMILES string of the molecule is CC[Si]C1CCC(c2ccc(CCc3cc(F)c(C4CCC(C)CC4)cc3C)cc2)CC1. The average molecular weight is 449 g/mol. The van der Waals surface area contributed by atoms with E-state index >= 15 is 0 Å². The van der Waals surface area contributed by atoms with Crippen LogP contribution in [-0.2, 0) is 12.8 Å². The molecule has 0 spiro atoms. The molecule has 2 fully saturated rings. The van der Waals surface area contributed by atoms with E-state index in [9.17, 15) is 4.39 Å². The molecule has 4 rings (SSSR count). The van der Waals surface area contributed by atoms with Gasteiger partial charge in [-0.1, -0.05) is 75.9 Å². The quantitative estimate of drug-likeness (QED) is 0.371. The van der Waals surface area contributed by atoms with Gasteiger partial charge in [0, 0.05) is 9.52 Å². The van der Waals surface area contributed by atoms with E-state index in [1.165, 1.54) is 76.3 Å². The van der Waals surface area contributed by atoms with Gasteiger partial charge in [0.1, 0.15) is 5.82 Å². The molecule has 2 aliphatic carbocycles. The van der Waals surface area contributed by atoms with E-state index in [0.29, 0.717) is 5.92 Å². The first kappa shape index (κ1) is 23.7. The highest BCUT2D eigenvalue weighted by atomic mass is 28.2. The highest BCUT2D eigenvalue weighted by Gasteiger charge is 2.23. The molecular weight excluding hydrogens is 407 g/mol. The van der Waals surface area contributed by atoms with Gasteiger partial charge in [-0.15, -0.1) is 0 Å². The number of hydrogen-bond donors (Lipinski definition) is 0. The summed E-state index contributed by atoms with van der Waals surface area (Å²) in [5, 5.41) is 0. The minimum atomic E-state index is 0.0276. The molecule has 2 radical (unpaired) electrons. The first-order valence-electron chi connectivity index (χ1n) is 13.1. The Hall–Kier alpha value is -1.41. The van der Waals surface area contributed by atoms with Crippen LogP contribution in [0.1, 0.15) is 105 Å². The summed E-state index contributed by atoms with van der Waals surface area (Å²) in [6, 6.07) is 14.7. The standard InChI is InChI=1S/C30H41FSi/c1-4-32-28-17-15-25(16-18-28)24-12-7-23(8-13-24)9-14-27-20-30(31)29(19-22(27)3)26-10-5-21(2)6-11-26/h7-8,12-13,19-21,25-26,28H,4-6,9-11,14-18H2,1-3H3. The number of hydrogen-bond acceptors (Lipinski definition) is 0. The third-order valence-electron chi connectivity index (χ3n) is 8.27. The highest BCUT2D eigenvalue weighted by Crippen LogP contribution is 2.39. The Kier molecular flexibility index (Phi) is 8.26. The summed E-state index contributed by atoms with van der Waals surface area (Å²) in [4.78, 5) is 0. The molecule has 0 saturated heterocycles. The fraction of sp³-hybridized carbons (Fsp3) is 0.600. The second-order valence-corrected chi connectivity index (χ2v) is 12.5. The van der Waals surface area contributed by atoms with Crippen molar-refractivity contribution in [3.05, 3.63) is 70.0 Å². The fourth-order valence-corrected chi connectivity index (χ4v) is 7.37. The first-order valence-corrected chi connectivity index (χ1v) is 14.4. The predicted octanol–water partition coefficient (Wildman–Crippen LogP) is 8.80. The second-order valence-electron chi connectivity index (χ2n) is 10.6. The van der Waals surface area contributed by atoms with Crippen LogP contribution in [0.2, 0.25) is 11.6 Å². The topological polar surface area (TPSA) is 0 Å².